The number of hydrogen-bond donors (Lipinski definition) is 5. The monoisotopic (exact) mass is 433 g/mol. The van der Waals surface area contributed by atoms with Crippen molar-refractivity contribution < 1.29 is 9.59 Å². The number of hydrogen-bond acceptors (Lipinski definition) is 5. The molecule has 2 heterocycles. The molecular weight excluding hydrogens is 406 g/mol. The molecule has 166 valence electrons. The summed E-state index contributed by atoms with van der Waals surface area (Å²) in [5.41, 5.74) is 2.02. The first-order valence-electron chi connectivity index (χ1n) is 10.8. The van der Waals surface area contributed by atoms with Gasteiger partial charge in [0.05, 0.1) is 11.2 Å². The number of H-pyrrole nitrogens is 1. The number of pyridine rings is 1. The normalized spacial score (nSPS) is 14.2. The van der Waals surface area contributed by atoms with Gasteiger partial charge in [0.25, 0.3) is 17.4 Å². The quantitative estimate of drug-likeness (QED) is 0.410. The van der Waals surface area contributed by atoms with Crippen LogP contribution in [0.1, 0.15) is 33.6 Å². The maximum absolute atomic E-state index is 12.7. The van der Waals surface area contributed by atoms with E-state index in [1.54, 1.807) is 37.4 Å². The fraction of sp³-hybridized carbons (Fsp3) is 0.292. The number of rotatable bonds is 6. The number of piperidine rings is 1. The van der Waals surface area contributed by atoms with E-state index in [0.717, 1.165) is 37.0 Å². The highest BCUT2D eigenvalue weighted by Crippen LogP contribution is 2.20. The third-order valence-corrected chi connectivity index (χ3v) is 5.81. The summed E-state index contributed by atoms with van der Waals surface area (Å²) in [5, 5.41) is 12.8. The second kappa shape index (κ2) is 9.65. The second-order valence-corrected chi connectivity index (χ2v) is 7.97. The van der Waals surface area contributed by atoms with Crippen LogP contribution in [-0.2, 0) is 0 Å². The molecule has 1 aromatic heterocycles. The molecule has 8 nitrogen and oxygen atoms in total. The van der Waals surface area contributed by atoms with E-state index in [1.165, 1.54) is 0 Å². The van der Waals surface area contributed by atoms with Crippen molar-refractivity contribution in [3.8, 4) is 0 Å². The zero-order chi connectivity index (χ0) is 22.5. The highest BCUT2D eigenvalue weighted by Gasteiger charge is 2.16. The lowest BCUT2D eigenvalue weighted by atomic mass is 9.98. The Kier molecular flexibility index (Phi) is 6.51. The molecule has 2 amide bonds. The van der Waals surface area contributed by atoms with Crippen LogP contribution in [0.5, 0.6) is 0 Å². The number of aromatic nitrogens is 1. The minimum absolute atomic E-state index is 0.0227. The van der Waals surface area contributed by atoms with E-state index in [9.17, 15) is 14.4 Å². The molecule has 0 aliphatic carbocycles. The van der Waals surface area contributed by atoms with Gasteiger partial charge in [-0.05, 0) is 68.2 Å². The van der Waals surface area contributed by atoms with Crippen molar-refractivity contribution in [2.75, 3.05) is 37.3 Å². The minimum atomic E-state index is -0.508. The molecule has 0 bridgehead atoms. The molecule has 1 saturated heterocycles. The van der Waals surface area contributed by atoms with Gasteiger partial charge >= 0.3 is 0 Å². The standard InChI is InChI=1S/C24H27N5O3/c1-25-20-4-2-3-17-13-19(24(32)29-21(17)20)23(31)28-18-7-5-16(6-8-18)22(30)27-14-15-9-11-26-12-10-15/h2-8,13,15,25-26H,9-12,14H2,1H3,(H,27,30)(H,28,31)(H,29,32). The SMILES string of the molecule is CNc1cccc2cc(C(=O)Nc3ccc(C(=O)NCC4CCNCC4)cc3)c(=O)[nH]c12. The van der Waals surface area contributed by atoms with Crippen LogP contribution in [0.4, 0.5) is 11.4 Å². The highest BCUT2D eigenvalue weighted by atomic mass is 16.2. The Hall–Kier alpha value is -3.65. The molecule has 1 aliphatic rings. The number of benzene rings is 2. The third-order valence-electron chi connectivity index (χ3n) is 5.81. The van der Waals surface area contributed by atoms with Gasteiger partial charge in [-0.1, -0.05) is 12.1 Å². The van der Waals surface area contributed by atoms with Crippen LogP contribution in [0.25, 0.3) is 10.9 Å². The van der Waals surface area contributed by atoms with Crippen molar-refractivity contribution in [1.82, 2.24) is 15.6 Å². The van der Waals surface area contributed by atoms with Crippen molar-refractivity contribution in [2.45, 2.75) is 12.8 Å². The van der Waals surface area contributed by atoms with Crippen LogP contribution < -0.4 is 26.8 Å². The van der Waals surface area contributed by atoms with Crippen LogP contribution in [0.3, 0.4) is 0 Å². The molecule has 3 aromatic rings. The summed E-state index contributed by atoms with van der Waals surface area (Å²) in [7, 11) is 1.77. The van der Waals surface area contributed by atoms with Crippen molar-refractivity contribution in [1.29, 1.82) is 0 Å². The van der Waals surface area contributed by atoms with Crippen molar-refractivity contribution in [2.24, 2.45) is 5.92 Å². The van der Waals surface area contributed by atoms with E-state index >= 15 is 0 Å². The molecule has 4 rings (SSSR count). The predicted octanol–water partition coefficient (Wildman–Crippen LogP) is 2.55. The van der Waals surface area contributed by atoms with E-state index in [0.29, 0.717) is 29.2 Å². The molecule has 1 aliphatic heterocycles. The molecule has 5 N–H and O–H groups in total. The maximum atomic E-state index is 12.7. The van der Waals surface area contributed by atoms with Crippen LogP contribution in [0.15, 0.2) is 53.3 Å². The molecular formula is C24H27N5O3. The third kappa shape index (κ3) is 4.81. The van der Waals surface area contributed by atoms with Crippen molar-refractivity contribution in [3.63, 3.8) is 0 Å². The molecule has 0 unspecified atom stereocenters. The van der Waals surface area contributed by atoms with E-state index in [2.05, 4.69) is 26.3 Å². The predicted molar refractivity (Wildman–Crippen MR) is 126 cm³/mol. The average molecular weight is 434 g/mol. The molecule has 0 spiro atoms. The lowest BCUT2D eigenvalue weighted by Crippen LogP contribution is -2.35. The molecule has 32 heavy (non-hydrogen) atoms. The Morgan fingerprint density at radius 3 is 2.50 bits per heavy atom. The summed E-state index contributed by atoms with van der Waals surface area (Å²) in [5.74, 6) is -0.137. The average Bonchev–Trinajstić information content (AvgIpc) is 2.82. The van der Waals surface area contributed by atoms with Crippen LogP contribution in [0.2, 0.25) is 0 Å². The zero-order valence-electron chi connectivity index (χ0n) is 18.0. The van der Waals surface area contributed by atoms with Gasteiger partial charge in [-0.3, -0.25) is 14.4 Å². The highest BCUT2D eigenvalue weighted by molar-refractivity contribution is 6.06. The molecule has 0 radical (unpaired) electrons. The number of amides is 2. The Morgan fingerprint density at radius 2 is 1.78 bits per heavy atom. The Bertz CT molecular complexity index is 1180. The number of aromatic amines is 1. The topological polar surface area (TPSA) is 115 Å². The lowest BCUT2D eigenvalue weighted by Gasteiger charge is -2.22. The van der Waals surface area contributed by atoms with E-state index < -0.39 is 11.5 Å². The Balaban J connectivity index is 1.42. The lowest BCUT2D eigenvalue weighted by molar-refractivity contribution is 0.0943. The fourth-order valence-corrected chi connectivity index (χ4v) is 3.94. The maximum Gasteiger partial charge on any atom is 0.261 e. The van der Waals surface area contributed by atoms with E-state index in [1.807, 2.05) is 18.2 Å². The number of carbonyl (C=O) groups excluding carboxylic acids is 2. The van der Waals surface area contributed by atoms with Crippen molar-refractivity contribution >= 4 is 34.1 Å². The molecule has 1 fully saturated rings. The summed E-state index contributed by atoms with van der Waals surface area (Å²) in [6.45, 7) is 2.65. The number of carbonyl (C=O) groups is 2. The van der Waals surface area contributed by atoms with Gasteiger partial charge in [-0.25, -0.2) is 0 Å². The summed E-state index contributed by atoms with van der Waals surface area (Å²) in [6.07, 6.45) is 2.13. The smallest absolute Gasteiger partial charge is 0.261 e. The molecule has 0 atom stereocenters. The number of nitrogens with one attached hydrogen (secondary N) is 5. The van der Waals surface area contributed by atoms with Crippen LogP contribution in [-0.4, -0.2) is 43.5 Å². The van der Waals surface area contributed by atoms with E-state index in [-0.39, 0.29) is 11.5 Å². The van der Waals surface area contributed by atoms with Gasteiger partial charge in [0.1, 0.15) is 5.56 Å². The first kappa shape index (κ1) is 21.6. The van der Waals surface area contributed by atoms with Crippen LogP contribution >= 0.6 is 0 Å². The second-order valence-electron chi connectivity index (χ2n) is 7.97. The van der Waals surface area contributed by atoms with Gasteiger partial charge < -0.3 is 26.3 Å². The molecule has 8 heteroatoms. The first-order valence-corrected chi connectivity index (χ1v) is 10.8. The number of anilines is 2. The van der Waals surface area contributed by atoms with Crippen LogP contribution in [0, 0.1) is 5.92 Å². The summed E-state index contributed by atoms with van der Waals surface area (Å²) < 4.78 is 0. The first-order chi connectivity index (χ1) is 15.5. The molecule has 2 aromatic carbocycles. The van der Waals surface area contributed by atoms with Gasteiger partial charge in [0.15, 0.2) is 0 Å². The van der Waals surface area contributed by atoms with Gasteiger partial charge in [-0.15, -0.1) is 0 Å². The zero-order valence-corrected chi connectivity index (χ0v) is 18.0. The minimum Gasteiger partial charge on any atom is -0.386 e. The largest absolute Gasteiger partial charge is 0.386 e. The Labute approximate surface area is 185 Å². The number of para-hydroxylation sites is 1. The molecule has 0 saturated carbocycles. The fourth-order valence-electron chi connectivity index (χ4n) is 3.94. The van der Waals surface area contributed by atoms with Crippen molar-refractivity contribution in [3.05, 3.63) is 70.0 Å². The summed E-state index contributed by atoms with van der Waals surface area (Å²) >= 11 is 0. The summed E-state index contributed by atoms with van der Waals surface area (Å²) in [4.78, 5) is 40.3. The summed E-state index contributed by atoms with van der Waals surface area (Å²) in [6, 6.07) is 13.8. The van der Waals surface area contributed by atoms with E-state index in [4.69, 9.17) is 0 Å². The van der Waals surface area contributed by atoms with Gasteiger partial charge in [0, 0.05) is 30.2 Å². The number of fused-ring (bicyclic) bond motifs is 1. The van der Waals surface area contributed by atoms with Gasteiger partial charge in [-0.2, -0.15) is 0 Å². The Morgan fingerprint density at radius 1 is 1.03 bits per heavy atom. The van der Waals surface area contributed by atoms with Gasteiger partial charge in [0.2, 0.25) is 0 Å².